The van der Waals surface area contributed by atoms with Crippen LogP contribution in [-0.4, -0.2) is 22.8 Å². The Bertz CT molecular complexity index is 809. The predicted molar refractivity (Wildman–Crippen MR) is 93.2 cm³/mol. The van der Waals surface area contributed by atoms with Crippen molar-refractivity contribution in [2.75, 3.05) is 0 Å². The molecule has 1 saturated carbocycles. The largest absolute Gasteiger partial charge is 0.481 e. The summed E-state index contributed by atoms with van der Waals surface area (Å²) < 4.78 is 44.4. The van der Waals surface area contributed by atoms with Gasteiger partial charge in [-0.3, -0.25) is 4.79 Å². The number of aliphatic carboxylic acids is 1. The first kappa shape index (κ1) is 18.7. The van der Waals surface area contributed by atoms with Gasteiger partial charge in [0.25, 0.3) is 0 Å². The highest BCUT2D eigenvalue weighted by atomic mass is 19.2. The smallest absolute Gasteiger partial charge is 0.304 e. The third kappa shape index (κ3) is 3.30. The molecule has 3 atom stereocenters. The molecule has 0 heterocycles. The molecule has 0 aromatic heterocycles. The third-order valence-corrected chi connectivity index (χ3v) is 5.29. The van der Waals surface area contributed by atoms with Crippen LogP contribution in [0.15, 0.2) is 35.7 Å². The van der Waals surface area contributed by atoms with Gasteiger partial charge in [-0.05, 0) is 73.1 Å². The van der Waals surface area contributed by atoms with Crippen molar-refractivity contribution in [2.45, 2.75) is 44.8 Å². The number of nitrogens with two attached hydrogens (primary N) is 1. The summed E-state index contributed by atoms with van der Waals surface area (Å²) in [5, 5.41) is 9.02. The van der Waals surface area contributed by atoms with Crippen LogP contribution in [0.5, 0.6) is 0 Å². The van der Waals surface area contributed by atoms with Crippen LogP contribution in [-0.2, 0) is 4.79 Å². The first-order valence-electron chi connectivity index (χ1n) is 8.67. The van der Waals surface area contributed by atoms with E-state index in [9.17, 15) is 9.18 Å². The summed E-state index contributed by atoms with van der Waals surface area (Å²) in [4.78, 5) is 11.0. The van der Waals surface area contributed by atoms with E-state index < -0.39 is 41.7 Å². The van der Waals surface area contributed by atoms with Crippen molar-refractivity contribution in [2.24, 2.45) is 17.6 Å². The standard InChI is InChI=1S/C20H22F3NO2/c1-10-7-12(21)5-6-13(10)15-8-14(11-3-4-11)19(22)18(20(15,2)23)16(24)9-17(25)26/h5-8,11,16,18H,3-4,9,24H2,1-2H3,(H,25,26). The van der Waals surface area contributed by atoms with Crippen molar-refractivity contribution in [3.8, 4) is 0 Å². The average molecular weight is 365 g/mol. The lowest BCUT2D eigenvalue weighted by molar-refractivity contribution is -0.137. The molecule has 0 radical (unpaired) electrons. The number of carbonyl (C=O) groups is 1. The molecule has 0 amide bonds. The Morgan fingerprint density at radius 1 is 1.38 bits per heavy atom. The minimum atomic E-state index is -2.21. The average Bonchev–Trinajstić information content (AvgIpc) is 3.31. The zero-order chi connectivity index (χ0) is 19.2. The van der Waals surface area contributed by atoms with E-state index in [-0.39, 0.29) is 11.5 Å². The molecule has 3 rings (SSSR count). The lowest BCUT2D eigenvalue weighted by Crippen LogP contribution is -2.47. The molecule has 0 spiro atoms. The molecule has 1 fully saturated rings. The second-order valence-corrected chi connectivity index (χ2v) is 7.41. The Labute approximate surface area is 150 Å². The van der Waals surface area contributed by atoms with Gasteiger partial charge in [0.2, 0.25) is 0 Å². The van der Waals surface area contributed by atoms with Crippen LogP contribution in [0.3, 0.4) is 0 Å². The van der Waals surface area contributed by atoms with Crippen molar-refractivity contribution in [3.05, 3.63) is 52.6 Å². The van der Waals surface area contributed by atoms with Crippen LogP contribution >= 0.6 is 0 Å². The van der Waals surface area contributed by atoms with E-state index >= 15 is 8.78 Å². The molecular weight excluding hydrogens is 343 g/mol. The highest BCUT2D eigenvalue weighted by Crippen LogP contribution is 2.52. The van der Waals surface area contributed by atoms with Crippen molar-refractivity contribution in [3.63, 3.8) is 0 Å². The number of rotatable bonds is 5. The van der Waals surface area contributed by atoms with E-state index in [0.29, 0.717) is 16.7 Å². The topological polar surface area (TPSA) is 63.3 Å². The summed E-state index contributed by atoms with van der Waals surface area (Å²) in [5.74, 6) is -3.69. The molecule has 0 bridgehead atoms. The van der Waals surface area contributed by atoms with Crippen LogP contribution in [0.25, 0.3) is 5.57 Å². The molecule has 26 heavy (non-hydrogen) atoms. The molecule has 6 heteroatoms. The van der Waals surface area contributed by atoms with Crippen LogP contribution in [0.1, 0.15) is 37.3 Å². The maximum Gasteiger partial charge on any atom is 0.304 e. The van der Waals surface area contributed by atoms with Gasteiger partial charge >= 0.3 is 5.97 Å². The molecule has 0 aliphatic heterocycles. The lowest BCUT2D eigenvalue weighted by atomic mass is 9.70. The summed E-state index contributed by atoms with van der Waals surface area (Å²) >= 11 is 0. The minimum Gasteiger partial charge on any atom is -0.481 e. The zero-order valence-electron chi connectivity index (χ0n) is 14.7. The Balaban J connectivity index is 2.14. The van der Waals surface area contributed by atoms with Gasteiger partial charge < -0.3 is 10.8 Å². The Morgan fingerprint density at radius 2 is 2.04 bits per heavy atom. The molecule has 2 aliphatic rings. The third-order valence-electron chi connectivity index (χ3n) is 5.29. The number of allylic oxidation sites excluding steroid dienone is 3. The highest BCUT2D eigenvalue weighted by molar-refractivity contribution is 5.79. The van der Waals surface area contributed by atoms with Crippen LogP contribution in [0, 0.1) is 24.6 Å². The van der Waals surface area contributed by atoms with Gasteiger partial charge in [-0.2, -0.15) is 0 Å². The van der Waals surface area contributed by atoms with Crippen molar-refractivity contribution >= 4 is 11.5 Å². The van der Waals surface area contributed by atoms with Gasteiger partial charge in [0, 0.05) is 6.04 Å². The van der Waals surface area contributed by atoms with E-state index in [1.165, 1.54) is 31.2 Å². The van der Waals surface area contributed by atoms with Gasteiger partial charge in [-0.1, -0.05) is 6.07 Å². The second kappa shape index (κ2) is 6.58. The lowest BCUT2D eigenvalue weighted by Gasteiger charge is -2.39. The number of carboxylic acids is 1. The van der Waals surface area contributed by atoms with E-state index in [0.717, 1.165) is 12.8 Å². The van der Waals surface area contributed by atoms with Gasteiger partial charge in [0.15, 0.2) is 0 Å². The van der Waals surface area contributed by atoms with Crippen molar-refractivity contribution in [1.29, 1.82) is 0 Å². The number of halogens is 3. The Hall–Kier alpha value is -2.08. The molecule has 3 nitrogen and oxygen atoms in total. The Kier molecular flexibility index (Phi) is 4.73. The maximum absolute atomic E-state index is 15.9. The highest BCUT2D eigenvalue weighted by Gasteiger charge is 2.50. The van der Waals surface area contributed by atoms with Gasteiger partial charge in [-0.25, -0.2) is 13.2 Å². The second-order valence-electron chi connectivity index (χ2n) is 7.41. The number of benzene rings is 1. The van der Waals surface area contributed by atoms with E-state index in [1.54, 1.807) is 6.92 Å². The molecule has 3 N–H and O–H groups in total. The predicted octanol–water partition coefficient (Wildman–Crippen LogP) is 4.31. The summed E-state index contributed by atoms with van der Waals surface area (Å²) in [6.07, 6.45) is 2.58. The number of aryl methyl sites for hydroxylation is 1. The summed E-state index contributed by atoms with van der Waals surface area (Å²) in [6.45, 7) is 2.88. The zero-order valence-corrected chi connectivity index (χ0v) is 14.7. The SMILES string of the molecule is Cc1cc(F)ccc1C1=CC(C2CC2)=C(F)C(C(N)CC(=O)O)C1(C)F. The maximum atomic E-state index is 15.9. The van der Waals surface area contributed by atoms with Crippen LogP contribution < -0.4 is 5.73 Å². The number of alkyl halides is 1. The molecule has 3 unspecified atom stereocenters. The van der Waals surface area contributed by atoms with Gasteiger partial charge in [0.1, 0.15) is 17.3 Å². The number of hydrogen-bond donors (Lipinski definition) is 2. The number of hydrogen-bond acceptors (Lipinski definition) is 2. The van der Waals surface area contributed by atoms with Crippen molar-refractivity contribution < 1.29 is 23.1 Å². The minimum absolute atomic E-state index is 0.00128. The van der Waals surface area contributed by atoms with E-state index in [4.69, 9.17) is 10.8 Å². The van der Waals surface area contributed by atoms with Gasteiger partial charge in [-0.15, -0.1) is 0 Å². The quantitative estimate of drug-likeness (QED) is 0.817. The molecule has 0 saturated heterocycles. The summed E-state index contributed by atoms with van der Waals surface area (Å²) in [6, 6.07) is 2.79. The first-order chi connectivity index (χ1) is 12.1. The molecule has 140 valence electrons. The first-order valence-corrected chi connectivity index (χ1v) is 8.67. The van der Waals surface area contributed by atoms with Crippen LogP contribution in [0.4, 0.5) is 13.2 Å². The normalized spacial score (nSPS) is 27.3. The van der Waals surface area contributed by atoms with Gasteiger partial charge in [0.05, 0.1) is 12.3 Å². The fourth-order valence-corrected chi connectivity index (χ4v) is 3.84. The van der Waals surface area contributed by atoms with E-state index in [2.05, 4.69) is 0 Å². The van der Waals surface area contributed by atoms with Crippen molar-refractivity contribution in [1.82, 2.24) is 0 Å². The van der Waals surface area contributed by atoms with Crippen LogP contribution in [0.2, 0.25) is 0 Å². The molecule has 1 aromatic carbocycles. The fourth-order valence-electron chi connectivity index (χ4n) is 3.84. The number of carboxylic acid groups (broad SMARTS) is 1. The molecule has 2 aliphatic carbocycles. The monoisotopic (exact) mass is 365 g/mol. The molecular formula is C20H22F3NO2. The Morgan fingerprint density at radius 3 is 2.58 bits per heavy atom. The summed E-state index contributed by atoms with van der Waals surface area (Å²) in [5.41, 5.74) is 5.34. The fraction of sp³-hybridized carbons (Fsp3) is 0.450. The molecule has 1 aromatic rings. The summed E-state index contributed by atoms with van der Waals surface area (Å²) in [7, 11) is 0. The van der Waals surface area contributed by atoms with E-state index in [1.807, 2.05) is 0 Å².